The number of anilines is 1. The fraction of sp³-hybridized carbons (Fsp3) is 0. The van der Waals surface area contributed by atoms with E-state index in [2.05, 4.69) is 0 Å². The minimum atomic E-state index is -1.07. The predicted molar refractivity (Wildman–Crippen MR) is 71.1 cm³/mol. The summed E-state index contributed by atoms with van der Waals surface area (Å²) in [5, 5.41) is 11.7. The summed E-state index contributed by atoms with van der Waals surface area (Å²) in [6.07, 6.45) is 0. The van der Waals surface area contributed by atoms with Crippen LogP contribution in [0.25, 0.3) is 11.1 Å². The second kappa shape index (κ2) is 4.56. The van der Waals surface area contributed by atoms with E-state index in [0.29, 0.717) is 21.2 Å². The van der Waals surface area contributed by atoms with Gasteiger partial charge in [0.1, 0.15) is 10.6 Å². The maximum atomic E-state index is 11.1. The molecule has 2 aromatic rings. The number of nitrogens with two attached hydrogens (primary N) is 1. The zero-order chi connectivity index (χ0) is 12.6. The van der Waals surface area contributed by atoms with E-state index in [1.807, 2.05) is 0 Å². The van der Waals surface area contributed by atoms with Crippen LogP contribution in [0.3, 0.4) is 0 Å². The lowest BCUT2D eigenvalue weighted by atomic mass is 10.0. The fourth-order valence-corrected chi connectivity index (χ4v) is 2.71. The van der Waals surface area contributed by atoms with Crippen LogP contribution in [0, 0.1) is 0 Å². The van der Waals surface area contributed by atoms with Gasteiger partial charge >= 0.3 is 5.97 Å². The first-order valence-corrected chi connectivity index (χ1v) is 6.20. The van der Waals surface area contributed by atoms with Crippen molar-refractivity contribution in [1.29, 1.82) is 0 Å². The van der Waals surface area contributed by atoms with Gasteiger partial charge in [0.2, 0.25) is 0 Å². The standard InChI is InChI=1S/C11H7Cl2NO2S/c12-7-3-1-2-5(9(7)13)6-4-17-10(14)8(6)11(15)16/h1-4H,14H2,(H,15,16). The third-order valence-corrected chi connectivity index (χ3v) is 3.91. The lowest BCUT2D eigenvalue weighted by Crippen LogP contribution is -2.00. The Bertz CT molecular complexity index is 595. The molecule has 17 heavy (non-hydrogen) atoms. The number of aromatic carboxylic acids is 1. The zero-order valence-corrected chi connectivity index (χ0v) is 10.7. The summed E-state index contributed by atoms with van der Waals surface area (Å²) in [5.41, 5.74) is 6.76. The first-order valence-electron chi connectivity index (χ1n) is 4.57. The van der Waals surface area contributed by atoms with Crippen molar-refractivity contribution >= 4 is 45.5 Å². The third-order valence-electron chi connectivity index (χ3n) is 2.28. The van der Waals surface area contributed by atoms with Gasteiger partial charge in [0.15, 0.2) is 0 Å². The van der Waals surface area contributed by atoms with Gasteiger partial charge in [-0.1, -0.05) is 35.3 Å². The minimum absolute atomic E-state index is 0.0687. The van der Waals surface area contributed by atoms with E-state index in [4.69, 9.17) is 34.0 Å². The van der Waals surface area contributed by atoms with Gasteiger partial charge in [-0.05, 0) is 6.07 Å². The van der Waals surface area contributed by atoms with E-state index in [-0.39, 0.29) is 10.6 Å². The van der Waals surface area contributed by atoms with Crippen LogP contribution in [0.5, 0.6) is 0 Å². The largest absolute Gasteiger partial charge is 0.478 e. The zero-order valence-electron chi connectivity index (χ0n) is 8.41. The van der Waals surface area contributed by atoms with Gasteiger partial charge in [0, 0.05) is 16.5 Å². The Hall–Kier alpha value is -1.23. The second-order valence-corrected chi connectivity index (χ2v) is 4.99. The summed E-state index contributed by atoms with van der Waals surface area (Å²) in [4.78, 5) is 11.1. The normalized spacial score (nSPS) is 10.5. The van der Waals surface area contributed by atoms with E-state index < -0.39 is 5.97 Å². The lowest BCUT2D eigenvalue weighted by Gasteiger charge is -2.05. The van der Waals surface area contributed by atoms with Crippen molar-refractivity contribution in [3.63, 3.8) is 0 Å². The molecule has 0 radical (unpaired) electrons. The summed E-state index contributed by atoms with van der Waals surface area (Å²) in [7, 11) is 0. The molecule has 3 nitrogen and oxygen atoms in total. The van der Waals surface area contributed by atoms with E-state index in [9.17, 15) is 4.79 Å². The first-order chi connectivity index (χ1) is 8.02. The van der Waals surface area contributed by atoms with Crippen molar-refractivity contribution in [2.24, 2.45) is 0 Å². The summed E-state index contributed by atoms with van der Waals surface area (Å²) in [6.45, 7) is 0. The molecule has 0 aliphatic rings. The van der Waals surface area contributed by atoms with Crippen LogP contribution in [-0.2, 0) is 0 Å². The molecule has 0 fully saturated rings. The molecule has 0 amide bonds. The predicted octanol–water partition coefficient (Wildman–Crippen LogP) is 4.00. The number of nitrogen functional groups attached to an aromatic ring is 1. The van der Waals surface area contributed by atoms with Crippen LogP contribution in [0.1, 0.15) is 10.4 Å². The van der Waals surface area contributed by atoms with Crippen molar-refractivity contribution in [3.8, 4) is 11.1 Å². The van der Waals surface area contributed by atoms with Gasteiger partial charge in [-0.25, -0.2) is 4.79 Å². The van der Waals surface area contributed by atoms with Crippen molar-refractivity contribution in [2.45, 2.75) is 0 Å². The SMILES string of the molecule is Nc1scc(-c2cccc(Cl)c2Cl)c1C(=O)O. The molecule has 0 saturated carbocycles. The van der Waals surface area contributed by atoms with Crippen molar-refractivity contribution in [1.82, 2.24) is 0 Å². The summed E-state index contributed by atoms with van der Waals surface area (Å²) in [5.74, 6) is -1.07. The molecule has 1 aromatic heterocycles. The minimum Gasteiger partial charge on any atom is -0.478 e. The maximum Gasteiger partial charge on any atom is 0.339 e. The average molecular weight is 288 g/mol. The molecule has 88 valence electrons. The van der Waals surface area contributed by atoms with Crippen molar-refractivity contribution in [3.05, 3.63) is 39.2 Å². The monoisotopic (exact) mass is 287 g/mol. The number of carbonyl (C=O) groups is 1. The number of benzene rings is 1. The quantitative estimate of drug-likeness (QED) is 0.877. The molecule has 0 unspecified atom stereocenters. The number of carboxylic acid groups (broad SMARTS) is 1. The number of hydrogen-bond donors (Lipinski definition) is 2. The van der Waals surface area contributed by atoms with Crippen LogP contribution in [0.2, 0.25) is 10.0 Å². The summed E-state index contributed by atoms with van der Waals surface area (Å²) < 4.78 is 0. The Morgan fingerprint density at radius 1 is 1.29 bits per heavy atom. The van der Waals surface area contributed by atoms with Crippen LogP contribution in [0.4, 0.5) is 5.00 Å². The van der Waals surface area contributed by atoms with Gasteiger partial charge in [-0.2, -0.15) is 0 Å². The van der Waals surface area contributed by atoms with Gasteiger partial charge in [-0.3, -0.25) is 0 Å². The Labute approximate surface area is 111 Å². The van der Waals surface area contributed by atoms with Gasteiger partial charge < -0.3 is 10.8 Å². The Kier molecular flexibility index (Phi) is 3.28. The van der Waals surface area contributed by atoms with E-state index >= 15 is 0 Å². The van der Waals surface area contributed by atoms with E-state index in [1.54, 1.807) is 23.6 Å². The average Bonchev–Trinajstić information content (AvgIpc) is 2.64. The molecule has 1 aromatic carbocycles. The number of rotatable bonds is 2. The Morgan fingerprint density at radius 3 is 2.65 bits per heavy atom. The van der Waals surface area contributed by atoms with Crippen LogP contribution in [-0.4, -0.2) is 11.1 Å². The molecule has 3 N–H and O–H groups in total. The smallest absolute Gasteiger partial charge is 0.339 e. The Morgan fingerprint density at radius 2 is 2.00 bits per heavy atom. The molecule has 0 aliphatic heterocycles. The van der Waals surface area contributed by atoms with E-state index in [1.165, 1.54) is 0 Å². The highest BCUT2D eigenvalue weighted by atomic mass is 35.5. The number of hydrogen-bond acceptors (Lipinski definition) is 3. The molecule has 0 atom stereocenters. The molecule has 0 aliphatic carbocycles. The highest BCUT2D eigenvalue weighted by Crippen LogP contribution is 2.39. The third kappa shape index (κ3) is 2.11. The topological polar surface area (TPSA) is 63.3 Å². The second-order valence-electron chi connectivity index (χ2n) is 3.30. The molecule has 6 heteroatoms. The first kappa shape index (κ1) is 12.2. The lowest BCUT2D eigenvalue weighted by molar-refractivity contribution is 0.0699. The highest BCUT2D eigenvalue weighted by molar-refractivity contribution is 7.15. The number of carboxylic acids is 1. The van der Waals surface area contributed by atoms with Crippen LogP contribution in [0.15, 0.2) is 23.6 Å². The molecule has 0 bridgehead atoms. The van der Waals surface area contributed by atoms with Gasteiger partial charge in [-0.15, -0.1) is 11.3 Å². The molecule has 0 spiro atoms. The molecular weight excluding hydrogens is 281 g/mol. The van der Waals surface area contributed by atoms with Crippen molar-refractivity contribution in [2.75, 3.05) is 5.73 Å². The van der Waals surface area contributed by atoms with E-state index in [0.717, 1.165) is 11.3 Å². The summed E-state index contributed by atoms with van der Waals surface area (Å²) in [6, 6.07) is 5.06. The molecule has 0 saturated heterocycles. The fourth-order valence-electron chi connectivity index (χ4n) is 1.50. The van der Waals surface area contributed by atoms with Gasteiger partial charge in [0.05, 0.1) is 10.0 Å². The molecule has 1 heterocycles. The number of halogens is 2. The van der Waals surface area contributed by atoms with Crippen molar-refractivity contribution < 1.29 is 9.90 Å². The Balaban J connectivity index is 2.69. The summed E-state index contributed by atoms with van der Waals surface area (Å²) >= 11 is 13.1. The molecular formula is C11H7Cl2NO2S. The van der Waals surface area contributed by atoms with Gasteiger partial charge in [0.25, 0.3) is 0 Å². The van der Waals surface area contributed by atoms with Crippen LogP contribution < -0.4 is 5.73 Å². The van der Waals surface area contributed by atoms with Crippen LogP contribution >= 0.6 is 34.5 Å². The molecule has 2 rings (SSSR count). The highest BCUT2D eigenvalue weighted by Gasteiger charge is 2.19. The number of thiophene rings is 1. The maximum absolute atomic E-state index is 11.1.